The molecule has 0 aromatic heterocycles. The molecule has 3 aliphatic rings. The topological polar surface area (TPSA) is 46.5 Å². The lowest BCUT2D eigenvalue weighted by atomic mass is 9.90. The van der Waals surface area contributed by atoms with Crippen molar-refractivity contribution in [3.8, 4) is 0 Å². The Bertz CT molecular complexity index is 336. The summed E-state index contributed by atoms with van der Waals surface area (Å²) in [4.78, 5) is 10.5. The van der Waals surface area contributed by atoms with Gasteiger partial charge in [-0.1, -0.05) is 20.8 Å². The van der Waals surface area contributed by atoms with E-state index in [-0.39, 0.29) is 11.5 Å². The van der Waals surface area contributed by atoms with E-state index in [2.05, 4.69) is 20.8 Å². The van der Waals surface area contributed by atoms with Gasteiger partial charge in [0.1, 0.15) is 6.10 Å². The smallest absolute Gasteiger partial charge is 0.450 e. The van der Waals surface area contributed by atoms with Crippen LogP contribution < -0.4 is 0 Å². The second kappa shape index (κ2) is 2.33. The van der Waals surface area contributed by atoms with Gasteiger partial charge in [0.25, 0.3) is 0 Å². The van der Waals surface area contributed by atoms with Crippen molar-refractivity contribution in [2.75, 3.05) is 0 Å². The maximum atomic E-state index is 10.5. The molecule has 0 aromatic rings. The minimum Gasteiger partial charge on any atom is -0.450 e. The van der Waals surface area contributed by atoms with Gasteiger partial charge >= 0.3 is 6.16 Å². The molecule has 0 aliphatic heterocycles. The molecule has 0 bridgehead atoms. The van der Waals surface area contributed by atoms with E-state index in [1.807, 2.05) is 0 Å². The van der Waals surface area contributed by atoms with Crippen molar-refractivity contribution in [1.29, 1.82) is 0 Å². The van der Waals surface area contributed by atoms with Gasteiger partial charge in [-0.3, -0.25) is 0 Å². The van der Waals surface area contributed by atoms with Gasteiger partial charge in [-0.2, -0.15) is 0 Å². The predicted molar refractivity (Wildman–Crippen MR) is 54.5 cm³/mol. The standard InChI is InChI=1S/C12H18O3/c1-11(2)6-4-7-9(15-10(13)14)12(7,3)5-8(6)11/h6-9H,4-5H2,1-3H3,(H,13,14)/t6-,7?,8+,9-,12+/m1/s1. The van der Waals surface area contributed by atoms with Crippen LogP contribution in [0.25, 0.3) is 0 Å². The number of carbonyl (C=O) groups is 1. The molecule has 84 valence electrons. The second-order valence-electron chi connectivity index (χ2n) is 6.39. The summed E-state index contributed by atoms with van der Waals surface area (Å²) in [6.07, 6.45) is 1.21. The van der Waals surface area contributed by atoms with Gasteiger partial charge in [0.2, 0.25) is 0 Å². The highest BCUT2D eigenvalue weighted by molar-refractivity contribution is 5.58. The minimum absolute atomic E-state index is 0.0152. The first-order valence-corrected chi connectivity index (χ1v) is 5.77. The zero-order valence-electron chi connectivity index (χ0n) is 9.49. The Labute approximate surface area is 89.8 Å². The molecule has 3 fully saturated rings. The van der Waals surface area contributed by atoms with E-state index in [4.69, 9.17) is 9.84 Å². The highest BCUT2D eigenvalue weighted by Crippen LogP contribution is 2.77. The Morgan fingerprint density at radius 3 is 2.47 bits per heavy atom. The minimum atomic E-state index is -1.11. The molecule has 3 saturated carbocycles. The first kappa shape index (κ1) is 9.49. The quantitative estimate of drug-likeness (QED) is 0.677. The zero-order chi connectivity index (χ0) is 11.0. The van der Waals surface area contributed by atoms with Gasteiger partial charge in [0, 0.05) is 11.3 Å². The molecule has 0 heterocycles. The fourth-order valence-corrected chi connectivity index (χ4v) is 4.08. The number of hydrogen-bond acceptors (Lipinski definition) is 2. The lowest BCUT2D eigenvalue weighted by Gasteiger charge is -2.14. The summed E-state index contributed by atoms with van der Waals surface area (Å²) in [5.74, 6) is 2.12. The molecule has 0 aromatic carbocycles. The van der Waals surface area contributed by atoms with Crippen molar-refractivity contribution in [1.82, 2.24) is 0 Å². The summed E-state index contributed by atoms with van der Waals surface area (Å²) in [7, 11) is 0. The van der Waals surface area contributed by atoms with E-state index < -0.39 is 6.16 Å². The molecule has 3 nitrogen and oxygen atoms in total. The summed E-state index contributed by atoms with van der Waals surface area (Å²) in [5, 5.41) is 8.64. The van der Waals surface area contributed by atoms with E-state index in [0.717, 1.165) is 18.3 Å². The molecule has 1 N–H and O–H groups in total. The van der Waals surface area contributed by atoms with Crippen LogP contribution in [-0.2, 0) is 4.74 Å². The van der Waals surface area contributed by atoms with E-state index in [1.54, 1.807) is 0 Å². The Hall–Kier alpha value is -0.730. The molecular formula is C12H18O3. The van der Waals surface area contributed by atoms with Gasteiger partial charge < -0.3 is 9.84 Å². The molecule has 3 heteroatoms. The molecule has 5 atom stereocenters. The average Bonchev–Trinajstić information content (AvgIpc) is 2.85. The van der Waals surface area contributed by atoms with Crippen LogP contribution in [0.4, 0.5) is 4.79 Å². The molecule has 0 radical (unpaired) electrons. The third-order valence-corrected chi connectivity index (χ3v) is 5.44. The van der Waals surface area contributed by atoms with Crippen molar-refractivity contribution >= 4 is 6.16 Å². The second-order valence-corrected chi connectivity index (χ2v) is 6.39. The van der Waals surface area contributed by atoms with Crippen molar-refractivity contribution < 1.29 is 14.6 Å². The van der Waals surface area contributed by atoms with Crippen LogP contribution in [0.15, 0.2) is 0 Å². The predicted octanol–water partition coefficient (Wildman–Crippen LogP) is 2.75. The van der Waals surface area contributed by atoms with Crippen LogP contribution in [0.5, 0.6) is 0 Å². The lowest BCUT2D eigenvalue weighted by molar-refractivity contribution is 0.0697. The summed E-state index contributed by atoms with van der Waals surface area (Å²) in [5.41, 5.74) is 0.664. The summed E-state index contributed by atoms with van der Waals surface area (Å²) < 4.78 is 4.96. The first-order chi connectivity index (χ1) is 6.87. The van der Waals surface area contributed by atoms with Crippen molar-refractivity contribution in [3.05, 3.63) is 0 Å². The molecule has 3 rings (SSSR count). The maximum absolute atomic E-state index is 10.5. The fraction of sp³-hybridized carbons (Fsp3) is 0.917. The van der Waals surface area contributed by atoms with Crippen molar-refractivity contribution in [2.24, 2.45) is 28.6 Å². The molecule has 1 unspecified atom stereocenters. The molecular weight excluding hydrogens is 192 g/mol. The van der Waals surface area contributed by atoms with Gasteiger partial charge in [0.15, 0.2) is 0 Å². The SMILES string of the molecule is CC1(C)[C@@H]2CC3[C@@H](OC(=O)O)[C@@]3(C)C[C@@H]21. The van der Waals surface area contributed by atoms with Crippen LogP contribution in [0.1, 0.15) is 33.6 Å². The molecule has 3 aliphatic carbocycles. The van der Waals surface area contributed by atoms with E-state index in [1.165, 1.54) is 6.42 Å². The summed E-state index contributed by atoms with van der Waals surface area (Å²) >= 11 is 0. The summed E-state index contributed by atoms with van der Waals surface area (Å²) in [6.45, 7) is 6.86. The van der Waals surface area contributed by atoms with Gasteiger partial charge in [-0.25, -0.2) is 4.79 Å². The number of hydrogen-bond donors (Lipinski definition) is 1. The van der Waals surface area contributed by atoms with Gasteiger partial charge in [0.05, 0.1) is 0 Å². The van der Waals surface area contributed by atoms with E-state index >= 15 is 0 Å². The van der Waals surface area contributed by atoms with E-state index in [9.17, 15) is 4.79 Å². The lowest BCUT2D eigenvalue weighted by Crippen LogP contribution is -2.11. The number of rotatable bonds is 1. The molecule has 0 spiro atoms. The van der Waals surface area contributed by atoms with Crippen LogP contribution >= 0.6 is 0 Å². The maximum Gasteiger partial charge on any atom is 0.506 e. The van der Waals surface area contributed by atoms with Crippen LogP contribution in [0.3, 0.4) is 0 Å². The number of ether oxygens (including phenoxy) is 1. The molecule has 15 heavy (non-hydrogen) atoms. The zero-order valence-corrected chi connectivity index (χ0v) is 9.49. The van der Waals surface area contributed by atoms with E-state index in [0.29, 0.717) is 11.3 Å². The largest absolute Gasteiger partial charge is 0.506 e. The normalized spacial score (nSPS) is 53.8. The van der Waals surface area contributed by atoms with Crippen LogP contribution in [0.2, 0.25) is 0 Å². The highest BCUT2D eigenvalue weighted by Gasteiger charge is 2.75. The van der Waals surface area contributed by atoms with Crippen LogP contribution in [-0.4, -0.2) is 17.4 Å². The molecule has 0 saturated heterocycles. The number of fused-ring (bicyclic) bond motifs is 2. The Balaban J connectivity index is 1.72. The highest BCUT2D eigenvalue weighted by atomic mass is 16.7. The van der Waals surface area contributed by atoms with Gasteiger partial charge in [-0.15, -0.1) is 0 Å². The summed E-state index contributed by atoms with van der Waals surface area (Å²) in [6, 6.07) is 0. The number of carboxylic acid groups (broad SMARTS) is 1. The fourth-order valence-electron chi connectivity index (χ4n) is 4.08. The Morgan fingerprint density at radius 2 is 1.93 bits per heavy atom. The van der Waals surface area contributed by atoms with Crippen LogP contribution in [0, 0.1) is 28.6 Å². The Kier molecular flexibility index (Phi) is 1.48. The average molecular weight is 210 g/mol. The third kappa shape index (κ3) is 1.04. The third-order valence-electron chi connectivity index (χ3n) is 5.44. The van der Waals surface area contributed by atoms with Crippen molar-refractivity contribution in [3.63, 3.8) is 0 Å². The monoisotopic (exact) mass is 210 g/mol. The van der Waals surface area contributed by atoms with Gasteiger partial charge in [-0.05, 0) is 30.1 Å². The Morgan fingerprint density at radius 1 is 1.27 bits per heavy atom. The first-order valence-electron chi connectivity index (χ1n) is 5.77. The molecule has 0 amide bonds. The van der Waals surface area contributed by atoms with Crippen molar-refractivity contribution in [2.45, 2.75) is 39.7 Å².